The van der Waals surface area contributed by atoms with Crippen LogP contribution >= 0.6 is 23.2 Å². The zero-order valence-electron chi connectivity index (χ0n) is 13.9. The fraction of sp³-hybridized carbons (Fsp3) is 0.500. The largest absolute Gasteiger partial charge is 0.356 e. The van der Waals surface area contributed by atoms with Crippen LogP contribution < -0.4 is 16.0 Å². The Kier molecular flexibility index (Phi) is 8.20. The van der Waals surface area contributed by atoms with Crippen molar-refractivity contribution in [2.45, 2.75) is 39.3 Å². The summed E-state index contributed by atoms with van der Waals surface area (Å²) in [6, 6.07) is 5.49. The molecule has 0 saturated heterocycles. The maximum Gasteiger partial charge on any atom is 0.221 e. The Morgan fingerprint density at radius 2 is 1.91 bits per heavy atom. The molecule has 1 aromatic carbocycles. The number of amides is 1. The number of hydrogen-bond donors (Lipinski definition) is 3. The molecule has 1 amide bonds. The first-order valence-electron chi connectivity index (χ1n) is 7.55. The third kappa shape index (κ3) is 7.10. The summed E-state index contributed by atoms with van der Waals surface area (Å²) in [4.78, 5) is 15.8. The van der Waals surface area contributed by atoms with E-state index in [1.54, 1.807) is 19.2 Å². The zero-order valence-corrected chi connectivity index (χ0v) is 15.4. The van der Waals surface area contributed by atoms with Gasteiger partial charge in [-0.25, -0.2) is 0 Å². The van der Waals surface area contributed by atoms with Gasteiger partial charge in [-0.15, -0.1) is 0 Å². The minimum absolute atomic E-state index is 0.0109. The van der Waals surface area contributed by atoms with Crippen molar-refractivity contribution in [3.63, 3.8) is 0 Å². The van der Waals surface area contributed by atoms with Gasteiger partial charge in [0.25, 0.3) is 0 Å². The molecule has 0 aliphatic carbocycles. The van der Waals surface area contributed by atoms with E-state index in [2.05, 4.69) is 20.9 Å². The molecule has 128 valence electrons. The van der Waals surface area contributed by atoms with E-state index in [1.165, 1.54) is 0 Å². The molecule has 0 fully saturated rings. The van der Waals surface area contributed by atoms with E-state index in [-0.39, 0.29) is 18.0 Å². The molecule has 1 atom stereocenters. The Bertz CT molecular complexity index is 561. The van der Waals surface area contributed by atoms with Gasteiger partial charge in [-0.2, -0.15) is 0 Å². The van der Waals surface area contributed by atoms with E-state index in [1.807, 2.05) is 26.8 Å². The lowest BCUT2D eigenvalue weighted by atomic mass is 10.1. The van der Waals surface area contributed by atoms with Gasteiger partial charge in [-0.3, -0.25) is 9.79 Å². The number of rotatable bonds is 6. The number of halogens is 2. The Balaban J connectivity index is 2.51. The van der Waals surface area contributed by atoms with Crippen LogP contribution in [0, 0.1) is 0 Å². The van der Waals surface area contributed by atoms with E-state index >= 15 is 0 Å². The van der Waals surface area contributed by atoms with Crippen LogP contribution in [-0.2, 0) is 4.79 Å². The van der Waals surface area contributed by atoms with Gasteiger partial charge in [0.1, 0.15) is 0 Å². The second kappa shape index (κ2) is 9.63. The highest BCUT2D eigenvalue weighted by Gasteiger charge is 2.12. The lowest BCUT2D eigenvalue weighted by Gasteiger charge is -2.19. The van der Waals surface area contributed by atoms with Crippen LogP contribution in [0.1, 0.15) is 38.8 Å². The number of aliphatic imine (C=N–C) groups is 1. The van der Waals surface area contributed by atoms with Crippen molar-refractivity contribution in [3.05, 3.63) is 33.8 Å². The molecular formula is C16H24Cl2N4O. The predicted molar refractivity (Wildman–Crippen MR) is 97.3 cm³/mol. The molecule has 7 heteroatoms. The van der Waals surface area contributed by atoms with Gasteiger partial charge >= 0.3 is 0 Å². The molecule has 1 unspecified atom stereocenters. The number of guanidine groups is 1. The van der Waals surface area contributed by atoms with Crippen molar-refractivity contribution < 1.29 is 4.79 Å². The van der Waals surface area contributed by atoms with Crippen LogP contribution in [0.5, 0.6) is 0 Å². The highest BCUT2D eigenvalue weighted by atomic mass is 35.5. The van der Waals surface area contributed by atoms with Crippen LogP contribution in [0.2, 0.25) is 10.0 Å². The summed E-state index contributed by atoms with van der Waals surface area (Å²) in [5.74, 6) is 0.623. The third-order valence-corrected chi connectivity index (χ3v) is 3.66. The predicted octanol–water partition coefficient (Wildman–Crippen LogP) is 3.13. The van der Waals surface area contributed by atoms with Crippen LogP contribution in [0.3, 0.4) is 0 Å². The molecule has 0 aliphatic heterocycles. The molecule has 0 radical (unpaired) electrons. The van der Waals surface area contributed by atoms with Crippen molar-refractivity contribution in [2.24, 2.45) is 4.99 Å². The van der Waals surface area contributed by atoms with Crippen LogP contribution in [0.25, 0.3) is 0 Å². The number of carbonyl (C=O) groups excluding carboxylic acids is 1. The average molecular weight is 359 g/mol. The lowest BCUT2D eigenvalue weighted by Crippen LogP contribution is -2.41. The quantitative estimate of drug-likeness (QED) is 0.540. The van der Waals surface area contributed by atoms with Gasteiger partial charge < -0.3 is 16.0 Å². The minimum atomic E-state index is -0.0459. The first-order chi connectivity index (χ1) is 10.8. The van der Waals surface area contributed by atoms with Crippen LogP contribution in [-0.4, -0.2) is 31.5 Å². The average Bonchev–Trinajstić information content (AvgIpc) is 2.45. The molecule has 1 aromatic rings. The van der Waals surface area contributed by atoms with E-state index < -0.39 is 0 Å². The fourth-order valence-electron chi connectivity index (χ4n) is 2.02. The molecule has 0 spiro atoms. The number of nitrogens with zero attached hydrogens (tertiary/aromatic N) is 1. The molecular weight excluding hydrogens is 335 g/mol. The summed E-state index contributed by atoms with van der Waals surface area (Å²) in [5.41, 5.74) is 0.927. The molecule has 0 aliphatic rings. The van der Waals surface area contributed by atoms with E-state index in [0.717, 1.165) is 5.56 Å². The van der Waals surface area contributed by atoms with E-state index in [0.29, 0.717) is 29.0 Å². The van der Waals surface area contributed by atoms with E-state index in [9.17, 15) is 4.79 Å². The lowest BCUT2D eigenvalue weighted by molar-refractivity contribution is -0.121. The molecule has 0 bridgehead atoms. The third-order valence-electron chi connectivity index (χ3n) is 3.10. The van der Waals surface area contributed by atoms with Gasteiger partial charge in [-0.1, -0.05) is 29.3 Å². The summed E-state index contributed by atoms with van der Waals surface area (Å²) in [5, 5.41) is 10.4. The second-order valence-electron chi connectivity index (χ2n) is 5.50. The number of nitrogens with one attached hydrogen (secondary N) is 3. The summed E-state index contributed by atoms with van der Waals surface area (Å²) < 4.78 is 0. The summed E-state index contributed by atoms with van der Waals surface area (Å²) >= 11 is 12.1. The summed E-state index contributed by atoms with van der Waals surface area (Å²) in [6.07, 6.45) is 0.384. The van der Waals surface area contributed by atoms with E-state index in [4.69, 9.17) is 23.2 Å². The zero-order chi connectivity index (χ0) is 17.4. The Morgan fingerprint density at radius 3 is 2.48 bits per heavy atom. The maximum absolute atomic E-state index is 11.6. The van der Waals surface area contributed by atoms with Crippen molar-refractivity contribution in [2.75, 3.05) is 13.6 Å². The van der Waals surface area contributed by atoms with Crippen molar-refractivity contribution >= 4 is 35.1 Å². The second-order valence-corrected chi connectivity index (χ2v) is 6.35. The van der Waals surface area contributed by atoms with Gasteiger partial charge in [0.05, 0.1) is 6.04 Å². The number of hydrogen-bond acceptors (Lipinski definition) is 2. The number of benzene rings is 1. The van der Waals surface area contributed by atoms with Gasteiger partial charge in [0.2, 0.25) is 5.91 Å². The van der Waals surface area contributed by atoms with Crippen LogP contribution in [0.4, 0.5) is 0 Å². The van der Waals surface area contributed by atoms with Gasteiger partial charge in [0, 0.05) is 36.1 Å². The fourth-order valence-corrected chi connectivity index (χ4v) is 2.59. The van der Waals surface area contributed by atoms with Crippen LogP contribution in [0.15, 0.2) is 23.2 Å². The molecule has 0 heterocycles. The topological polar surface area (TPSA) is 65.5 Å². The summed E-state index contributed by atoms with van der Waals surface area (Å²) in [6.45, 7) is 6.35. The first-order valence-corrected chi connectivity index (χ1v) is 8.30. The van der Waals surface area contributed by atoms with Crippen molar-refractivity contribution in [1.29, 1.82) is 0 Å². The molecule has 3 N–H and O–H groups in total. The van der Waals surface area contributed by atoms with Crippen molar-refractivity contribution in [3.8, 4) is 0 Å². The minimum Gasteiger partial charge on any atom is -0.356 e. The molecule has 23 heavy (non-hydrogen) atoms. The Hall–Kier alpha value is -1.46. The normalized spacial score (nSPS) is 12.9. The Labute approximate surface area is 147 Å². The SMILES string of the molecule is CN=C(NCCC(=O)NC(C)C)NC(C)c1ccc(Cl)cc1Cl. The highest BCUT2D eigenvalue weighted by molar-refractivity contribution is 6.35. The summed E-state index contributed by atoms with van der Waals surface area (Å²) in [7, 11) is 1.68. The smallest absolute Gasteiger partial charge is 0.221 e. The van der Waals surface area contributed by atoms with Gasteiger partial charge in [0.15, 0.2) is 5.96 Å². The molecule has 0 aromatic heterocycles. The molecule has 5 nitrogen and oxygen atoms in total. The van der Waals surface area contributed by atoms with Crippen molar-refractivity contribution in [1.82, 2.24) is 16.0 Å². The highest BCUT2D eigenvalue weighted by Crippen LogP contribution is 2.25. The monoisotopic (exact) mass is 358 g/mol. The Morgan fingerprint density at radius 1 is 1.22 bits per heavy atom. The number of carbonyl (C=O) groups is 1. The van der Waals surface area contributed by atoms with Gasteiger partial charge in [-0.05, 0) is 38.5 Å². The first kappa shape index (κ1) is 19.6. The molecule has 1 rings (SSSR count). The standard InChI is InChI=1S/C16H24Cl2N4O/c1-10(2)21-15(23)7-8-20-16(19-4)22-11(3)13-6-5-12(17)9-14(13)18/h5-6,9-11H,7-8H2,1-4H3,(H,21,23)(H2,19,20,22). The molecule has 0 saturated carbocycles. The maximum atomic E-state index is 11.6.